The number of nitrogens with zero attached hydrogens (tertiary/aromatic N) is 4. The maximum atomic E-state index is 13.1. The van der Waals surface area contributed by atoms with Crippen LogP contribution in [0, 0.1) is 0 Å². The molecule has 1 N–H and O–H groups in total. The van der Waals surface area contributed by atoms with Gasteiger partial charge >= 0.3 is 6.03 Å². The number of urea groups is 1. The van der Waals surface area contributed by atoms with Crippen molar-refractivity contribution in [1.29, 1.82) is 0 Å². The van der Waals surface area contributed by atoms with E-state index in [9.17, 15) is 4.79 Å². The minimum atomic E-state index is -0.149. The van der Waals surface area contributed by atoms with Crippen LogP contribution in [-0.2, 0) is 13.0 Å². The van der Waals surface area contributed by atoms with Gasteiger partial charge in [0.1, 0.15) is 11.6 Å². The summed E-state index contributed by atoms with van der Waals surface area (Å²) in [5.41, 5.74) is 3.71. The third-order valence-corrected chi connectivity index (χ3v) is 5.71. The molecule has 0 radical (unpaired) electrons. The molecule has 0 aliphatic carbocycles. The average Bonchev–Trinajstić information content (AvgIpc) is 2.85. The Hall–Kier alpha value is -3.61. The number of carbonyl (C=O) groups excluding carboxylic acids is 1. The average molecular weight is 446 g/mol. The van der Waals surface area contributed by atoms with E-state index in [1.165, 1.54) is 0 Å². The van der Waals surface area contributed by atoms with Gasteiger partial charge in [-0.2, -0.15) is 0 Å². The van der Waals surface area contributed by atoms with Crippen molar-refractivity contribution in [3.8, 4) is 17.1 Å². The molecule has 2 aromatic carbocycles. The highest BCUT2D eigenvalue weighted by Gasteiger charge is 2.27. The molecule has 0 bridgehead atoms. The summed E-state index contributed by atoms with van der Waals surface area (Å²) in [5, 5.41) is 3.01. The number of para-hydroxylation sites is 2. The van der Waals surface area contributed by atoms with Crippen molar-refractivity contribution in [3.63, 3.8) is 0 Å². The van der Waals surface area contributed by atoms with E-state index in [-0.39, 0.29) is 6.03 Å². The molecule has 0 unspecified atom stereocenters. The third-order valence-electron chi connectivity index (χ3n) is 5.71. The zero-order valence-electron chi connectivity index (χ0n) is 19.5. The van der Waals surface area contributed by atoms with Gasteiger partial charge in [-0.15, -0.1) is 0 Å². The summed E-state index contributed by atoms with van der Waals surface area (Å²) >= 11 is 0. The molecule has 7 heteroatoms. The first-order valence-electron chi connectivity index (χ1n) is 11.5. The first-order chi connectivity index (χ1) is 16.1. The Morgan fingerprint density at radius 2 is 1.85 bits per heavy atom. The molecule has 0 saturated heterocycles. The molecule has 0 fully saturated rings. The molecule has 2 amide bonds. The Morgan fingerprint density at radius 1 is 1.09 bits per heavy atom. The van der Waals surface area contributed by atoms with Crippen LogP contribution in [0.2, 0.25) is 0 Å². The Bertz CT molecular complexity index is 1100. The second kappa shape index (κ2) is 10.3. The fraction of sp³-hybridized carbons (Fsp3) is 0.346. The molecule has 0 saturated carbocycles. The van der Waals surface area contributed by atoms with Crippen LogP contribution in [-0.4, -0.2) is 47.6 Å². The van der Waals surface area contributed by atoms with Crippen LogP contribution in [0.4, 0.5) is 16.3 Å². The Kier molecular flexibility index (Phi) is 7.07. The molecule has 0 atom stereocenters. The number of ether oxygens (including phenoxy) is 1. The van der Waals surface area contributed by atoms with Gasteiger partial charge in [0.25, 0.3) is 0 Å². The number of hydrogen-bond acceptors (Lipinski definition) is 5. The van der Waals surface area contributed by atoms with E-state index in [2.05, 4.69) is 24.2 Å². The lowest BCUT2D eigenvalue weighted by Crippen LogP contribution is -2.40. The molecule has 4 rings (SSSR count). The van der Waals surface area contributed by atoms with E-state index in [0.29, 0.717) is 37.6 Å². The number of benzene rings is 2. The number of anilines is 2. The van der Waals surface area contributed by atoms with Crippen molar-refractivity contribution >= 4 is 17.5 Å². The number of nitrogens with one attached hydrogen (secondary N) is 1. The van der Waals surface area contributed by atoms with Crippen LogP contribution in [0.25, 0.3) is 11.4 Å². The molecule has 1 aliphatic heterocycles. The van der Waals surface area contributed by atoms with Gasteiger partial charge < -0.3 is 19.9 Å². The minimum Gasteiger partial charge on any atom is -0.492 e. The fourth-order valence-corrected chi connectivity index (χ4v) is 4.09. The summed E-state index contributed by atoms with van der Waals surface area (Å²) in [4.78, 5) is 26.9. The van der Waals surface area contributed by atoms with E-state index in [4.69, 9.17) is 14.7 Å². The zero-order chi connectivity index (χ0) is 23.2. The number of amides is 2. The van der Waals surface area contributed by atoms with Gasteiger partial charge in [-0.05, 0) is 25.5 Å². The SMILES string of the molecule is CCCN(C)c1nc(-c2ccccc2)nc2c1CN(C(=O)Nc1ccccc1OCC)CC2. The lowest BCUT2D eigenvalue weighted by molar-refractivity contribution is 0.205. The van der Waals surface area contributed by atoms with Crippen LogP contribution < -0.4 is 15.0 Å². The highest BCUT2D eigenvalue weighted by atomic mass is 16.5. The highest BCUT2D eigenvalue weighted by Crippen LogP contribution is 2.30. The monoisotopic (exact) mass is 445 g/mol. The van der Waals surface area contributed by atoms with Crippen LogP contribution in [0.1, 0.15) is 31.5 Å². The van der Waals surface area contributed by atoms with Crippen molar-refractivity contribution in [3.05, 3.63) is 65.9 Å². The summed E-state index contributed by atoms with van der Waals surface area (Å²) in [6.07, 6.45) is 1.69. The Labute approximate surface area is 195 Å². The van der Waals surface area contributed by atoms with Gasteiger partial charge in [0.05, 0.1) is 24.5 Å². The molecular formula is C26H31N5O2. The maximum absolute atomic E-state index is 13.1. The van der Waals surface area contributed by atoms with Crippen molar-refractivity contribution in [2.45, 2.75) is 33.2 Å². The number of rotatable bonds is 7. The number of fused-ring (bicyclic) bond motifs is 1. The Balaban J connectivity index is 1.61. The van der Waals surface area contributed by atoms with E-state index < -0.39 is 0 Å². The number of aromatic nitrogens is 2. The van der Waals surface area contributed by atoms with Crippen molar-refractivity contribution in [2.75, 3.05) is 37.0 Å². The number of hydrogen-bond donors (Lipinski definition) is 1. The van der Waals surface area contributed by atoms with Gasteiger partial charge in [-0.1, -0.05) is 49.4 Å². The Morgan fingerprint density at radius 3 is 2.61 bits per heavy atom. The molecule has 1 aromatic heterocycles. The maximum Gasteiger partial charge on any atom is 0.322 e. The van der Waals surface area contributed by atoms with Gasteiger partial charge in [-0.3, -0.25) is 0 Å². The fourth-order valence-electron chi connectivity index (χ4n) is 4.09. The standard InChI is InChI=1S/C26H31N5O2/c1-4-16-30(3)25-20-18-31(26(32)28-22-13-9-10-14-23(22)33-5-2)17-15-21(20)27-24(29-25)19-11-7-6-8-12-19/h6-14H,4-5,15-18H2,1-3H3,(H,28,32). The quantitative estimate of drug-likeness (QED) is 0.555. The summed E-state index contributed by atoms with van der Waals surface area (Å²) in [6.45, 7) is 6.56. The summed E-state index contributed by atoms with van der Waals surface area (Å²) in [7, 11) is 2.05. The van der Waals surface area contributed by atoms with Crippen LogP contribution in [0.5, 0.6) is 5.75 Å². The van der Waals surface area contributed by atoms with E-state index in [0.717, 1.165) is 41.4 Å². The topological polar surface area (TPSA) is 70.6 Å². The third kappa shape index (κ3) is 5.08. The van der Waals surface area contributed by atoms with Crippen LogP contribution in [0.3, 0.4) is 0 Å². The minimum absolute atomic E-state index is 0.149. The van der Waals surface area contributed by atoms with Crippen molar-refractivity contribution in [2.24, 2.45) is 0 Å². The summed E-state index contributed by atoms with van der Waals surface area (Å²) in [5.74, 6) is 2.30. The van der Waals surface area contributed by atoms with E-state index in [1.807, 2.05) is 66.4 Å². The van der Waals surface area contributed by atoms with Crippen LogP contribution >= 0.6 is 0 Å². The van der Waals surface area contributed by atoms with Gasteiger partial charge in [0, 0.05) is 37.7 Å². The first-order valence-corrected chi connectivity index (χ1v) is 11.5. The van der Waals surface area contributed by atoms with Crippen molar-refractivity contribution in [1.82, 2.24) is 14.9 Å². The smallest absolute Gasteiger partial charge is 0.322 e. The highest BCUT2D eigenvalue weighted by molar-refractivity contribution is 5.91. The summed E-state index contributed by atoms with van der Waals surface area (Å²) in [6, 6.07) is 17.4. The van der Waals surface area contributed by atoms with Gasteiger partial charge in [0.2, 0.25) is 0 Å². The molecular weight excluding hydrogens is 414 g/mol. The lowest BCUT2D eigenvalue weighted by atomic mass is 10.0. The lowest BCUT2D eigenvalue weighted by Gasteiger charge is -2.32. The largest absolute Gasteiger partial charge is 0.492 e. The zero-order valence-corrected chi connectivity index (χ0v) is 19.5. The normalized spacial score (nSPS) is 12.8. The molecule has 7 nitrogen and oxygen atoms in total. The van der Waals surface area contributed by atoms with Gasteiger partial charge in [0.15, 0.2) is 5.82 Å². The van der Waals surface area contributed by atoms with E-state index >= 15 is 0 Å². The first kappa shape index (κ1) is 22.6. The predicted molar refractivity (Wildman–Crippen MR) is 132 cm³/mol. The molecule has 1 aliphatic rings. The van der Waals surface area contributed by atoms with E-state index in [1.54, 1.807) is 0 Å². The summed E-state index contributed by atoms with van der Waals surface area (Å²) < 4.78 is 5.65. The predicted octanol–water partition coefficient (Wildman–Crippen LogP) is 4.98. The molecule has 0 spiro atoms. The number of carbonyl (C=O) groups is 1. The molecule has 33 heavy (non-hydrogen) atoms. The van der Waals surface area contributed by atoms with Gasteiger partial charge in [-0.25, -0.2) is 14.8 Å². The second-order valence-corrected chi connectivity index (χ2v) is 8.11. The molecule has 2 heterocycles. The van der Waals surface area contributed by atoms with Crippen LogP contribution in [0.15, 0.2) is 54.6 Å². The molecule has 172 valence electrons. The molecule has 3 aromatic rings. The second-order valence-electron chi connectivity index (χ2n) is 8.11. The van der Waals surface area contributed by atoms with Crippen molar-refractivity contribution < 1.29 is 9.53 Å².